The lowest BCUT2D eigenvalue weighted by Crippen LogP contribution is -2.55. The highest BCUT2D eigenvalue weighted by atomic mass is 19.4. The van der Waals surface area contributed by atoms with Crippen LogP contribution < -0.4 is 10.2 Å². The average molecular weight is 628 g/mol. The Morgan fingerprint density at radius 1 is 1.02 bits per heavy atom. The second kappa shape index (κ2) is 13.0. The van der Waals surface area contributed by atoms with Crippen LogP contribution >= 0.6 is 0 Å². The quantitative estimate of drug-likeness (QED) is 0.280. The number of piperidine rings is 1. The number of likely N-dealkylation sites (tertiary alicyclic amines) is 1. The number of hydrogen-bond acceptors (Lipinski definition) is 5. The molecule has 1 aliphatic carbocycles. The molecule has 0 spiro atoms. The highest BCUT2D eigenvalue weighted by Crippen LogP contribution is 2.52. The van der Waals surface area contributed by atoms with Crippen molar-refractivity contribution in [1.29, 1.82) is 0 Å². The number of amides is 1. The Bertz CT molecular complexity index is 1420. The van der Waals surface area contributed by atoms with E-state index in [4.69, 9.17) is 4.74 Å². The lowest BCUT2D eigenvalue weighted by atomic mass is 9.58. The summed E-state index contributed by atoms with van der Waals surface area (Å²) >= 11 is 0. The van der Waals surface area contributed by atoms with Crippen LogP contribution in [0.25, 0.3) is 0 Å². The van der Waals surface area contributed by atoms with Crippen molar-refractivity contribution in [3.05, 3.63) is 84.2 Å². The molecule has 1 aromatic heterocycles. The Balaban J connectivity index is 1.18. The lowest BCUT2D eigenvalue weighted by molar-refractivity contribution is -0.137. The number of nitrogens with zero attached hydrogens (tertiary/aromatic N) is 4. The molecule has 7 nitrogen and oxygen atoms in total. The maximum Gasteiger partial charge on any atom is 0.416 e. The van der Waals surface area contributed by atoms with Crippen LogP contribution in [0.2, 0.25) is 0 Å². The van der Waals surface area contributed by atoms with Crippen molar-refractivity contribution in [2.75, 3.05) is 44.7 Å². The molecule has 1 N–H and O–H groups in total. The summed E-state index contributed by atoms with van der Waals surface area (Å²) < 4.78 is 61.8. The molecule has 1 saturated carbocycles. The molecule has 1 amide bonds. The first kappa shape index (κ1) is 31.4. The molecule has 1 unspecified atom stereocenters. The molecule has 45 heavy (non-hydrogen) atoms. The van der Waals surface area contributed by atoms with E-state index in [1.165, 1.54) is 6.07 Å². The molecular weight excluding hydrogens is 586 g/mol. The first-order valence-corrected chi connectivity index (χ1v) is 15.9. The number of aromatic nitrogens is 2. The van der Waals surface area contributed by atoms with Gasteiger partial charge in [-0.1, -0.05) is 12.1 Å². The maximum absolute atomic E-state index is 14.9. The number of hydrogen-bond donors (Lipinski definition) is 1. The fourth-order valence-corrected chi connectivity index (χ4v) is 8.16. The second-order valence-electron chi connectivity index (χ2n) is 12.9. The molecule has 2 aromatic carbocycles. The van der Waals surface area contributed by atoms with E-state index in [2.05, 4.69) is 24.7 Å². The minimum atomic E-state index is -4.33. The third-order valence-corrected chi connectivity index (χ3v) is 10.3. The van der Waals surface area contributed by atoms with Crippen molar-refractivity contribution < 1.29 is 27.1 Å². The molecule has 3 aromatic rings. The van der Waals surface area contributed by atoms with Gasteiger partial charge in [0.2, 0.25) is 0 Å². The summed E-state index contributed by atoms with van der Waals surface area (Å²) in [7, 11) is 1.57. The van der Waals surface area contributed by atoms with E-state index < -0.39 is 23.2 Å². The number of alkyl carbamates (subject to hydrolysis) is 1. The summed E-state index contributed by atoms with van der Waals surface area (Å²) in [6.45, 7) is 4.99. The van der Waals surface area contributed by atoms with Gasteiger partial charge in [-0.25, -0.2) is 14.2 Å². The fourth-order valence-electron chi connectivity index (χ4n) is 8.16. The van der Waals surface area contributed by atoms with Crippen molar-refractivity contribution in [3.8, 4) is 0 Å². The van der Waals surface area contributed by atoms with Crippen molar-refractivity contribution in [2.24, 2.45) is 17.8 Å². The van der Waals surface area contributed by atoms with Crippen molar-refractivity contribution in [2.45, 2.75) is 56.3 Å². The normalized spacial score (nSPS) is 23.0. The van der Waals surface area contributed by atoms with E-state index in [1.54, 1.807) is 37.5 Å². The van der Waals surface area contributed by atoms with Crippen LogP contribution in [0.3, 0.4) is 0 Å². The van der Waals surface area contributed by atoms with E-state index in [9.17, 15) is 22.4 Å². The topological polar surface area (TPSA) is 62.6 Å². The Labute approximate surface area is 261 Å². The van der Waals surface area contributed by atoms with Gasteiger partial charge in [0, 0.05) is 68.6 Å². The molecular formula is C34H41F4N5O2. The molecule has 3 fully saturated rings. The number of carbonyl (C=O) groups is 1. The van der Waals surface area contributed by atoms with Crippen LogP contribution in [-0.2, 0) is 22.9 Å². The number of nitrogens with one attached hydrogen (secondary N) is 1. The van der Waals surface area contributed by atoms with Gasteiger partial charge < -0.3 is 24.4 Å². The van der Waals surface area contributed by atoms with Crippen LogP contribution in [0.5, 0.6) is 0 Å². The van der Waals surface area contributed by atoms with Gasteiger partial charge in [0.25, 0.3) is 0 Å². The van der Waals surface area contributed by atoms with Gasteiger partial charge in [0.05, 0.1) is 11.9 Å². The first-order valence-electron chi connectivity index (χ1n) is 15.9. The van der Waals surface area contributed by atoms with Gasteiger partial charge >= 0.3 is 12.3 Å². The standard InChI is InChI=1S/C34H41F4N5O2/c1-39-32(44)45-31-7-3-6-30(31)33(22-42-17-14-40-23-42,27-4-2-5-28(35)18-27)25-12-15-41(16-13-25)19-24-20-43(21-24)29-10-8-26(9-11-29)34(36,37)38/h2,4-5,8-11,14,17-18,23-25,30-31H,3,6-7,12-13,15-16,19-22H2,1H3,(H,39,44)/t30-,31-,33?/m0/s1. The summed E-state index contributed by atoms with van der Waals surface area (Å²) in [5.74, 6) is 0.411. The zero-order valence-electron chi connectivity index (χ0n) is 25.6. The third-order valence-electron chi connectivity index (χ3n) is 10.3. The van der Waals surface area contributed by atoms with Crippen LogP contribution in [-0.4, -0.2) is 66.4 Å². The predicted octanol–water partition coefficient (Wildman–Crippen LogP) is 6.35. The number of halogens is 4. The maximum atomic E-state index is 14.9. The number of ether oxygens (including phenoxy) is 1. The van der Waals surface area contributed by atoms with Crippen molar-refractivity contribution >= 4 is 11.8 Å². The summed E-state index contributed by atoms with van der Waals surface area (Å²) in [6.07, 6.45) is 4.91. The van der Waals surface area contributed by atoms with Crippen LogP contribution in [0.15, 0.2) is 67.3 Å². The van der Waals surface area contributed by atoms with E-state index in [-0.39, 0.29) is 23.8 Å². The molecule has 242 valence electrons. The lowest BCUT2D eigenvalue weighted by Gasteiger charge is -2.51. The Morgan fingerprint density at radius 2 is 1.78 bits per heavy atom. The predicted molar refractivity (Wildman–Crippen MR) is 163 cm³/mol. The molecule has 6 rings (SSSR count). The monoisotopic (exact) mass is 627 g/mol. The molecule has 0 bridgehead atoms. The Morgan fingerprint density at radius 3 is 2.42 bits per heavy atom. The van der Waals surface area contributed by atoms with Crippen LogP contribution in [0, 0.1) is 23.6 Å². The van der Waals surface area contributed by atoms with Crippen LogP contribution in [0.4, 0.5) is 28.0 Å². The number of alkyl halides is 3. The molecule has 3 atom stereocenters. The molecule has 3 aliphatic rings. The SMILES string of the molecule is CNC(=O)O[C@H]1CCC[C@@H]1C(Cn1ccnc1)(c1cccc(F)c1)C1CCN(CC2CN(c3ccc(C(F)(F)F)cc3)C2)CC1. The summed E-state index contributed by atoms with van der Waals surface area (Å²) in [6, 6.07) is 12.4. The van der Waals surface area contributed by atoms with Crippen molar-refractivity contribution in [1.82, 2.24) is 19.8 Å². The first-order chi connectivity index (χ1) is 21.7. The van der Waals surface area contributed by atoms with Gasteiger partial charge in [0.15, 0.2) is 0 Å². The zero-order valence-corrected chi connectivity index (χ0v) is 25.6. The van der Waals surface area contributed by atoms with Gasteiger partial charge in [-0.15, -0.1) is 0 Å². The molecule has 0 radical (unpaired) electrons. The second-order valence-corrected chi connectivity index (χ2v) is 12.9. The number of anilines is 1. The van der Waals surface area contributed by atoms with E-state index in [1.807, 2.05) is 18.6 Å². The number of carbonyl (C=O) groups excluding carboxylic acids is 1. The summed E-state index contributed by atoms with van der Waals surface area (Å²) in [5.41, 5.74) is 0.665. The van der Waals surface area contributed by atoms with Crippen LogP contribution in [0.1, 0.15) is 43.2 Å². The highest BCUT2D eigenvalue weighted by Gasteiger charge is 2.53. The summed E-state index contributed by atoms with van der Waals surface area (Å²) in [4.78, 5) is 21.3. The smallest absolute Gasteiger partial charge is 0.416 e. The van der Waals surface area contributed by atoms with E-state index >= 15 is 0 Å². The van der Waals surface area contributed by atoms with Gasteiger partial charge in [-0.05, 0) is 93.1 Å². The fraction of sp³-hybridized carbons (Fsp3) is 0.529. The van der Waals surface area contributed by atoms with Gasteiger partial charge in [0.1, 0.15) is 11.9 Å². The molecule has 2 saturated heterocycles. The largest absolute Gasteiger partial charge is 0.446 e. The summed E-state index contributed by atoms with van der Waals surface area (Å²) in [5, 5.41) is 2.60. The Kier molecular flexibility index (Phi) is 9.08. The zero-order chi connectivity index (χ0) is 31.6. The van der Waals surface area contributed by atoms with Gasteiger partial charge in [-0.2, -0.15) is 13.2 Å². The minimum Gasteiger partial charge on any atom is -0.446 e. The average Bonchev–Trinajstić information content (AvgIpc) is 3.70. The van der Waals surface area contributed by atoms with E-state index in [0.29, 0.717) is 12.5 Å². The minimum absolute atomic E-state index is 0.0134. The third kappa shape index (κ3) is 6.68. The van der Waals surface area contributed by atoms with Crippen molar-refractivity contribution in [3.63, 3.8) is 0 Å². The number of rotatable bonds is 9. The molecule has 11 heteroatoms. The van der Waals surface area contributed by atoms with E-state index in [0.717, 1.165) is 88.2 Å². The number of benzene rings is 2. The highest BCUT2D eigenvalue weighted by molar-refractivity contribution is 5.67. The van der Waals surface area contributed by atoms with Gasteiger partial charge in [-0.3, -0.25) is 0 Å². The molecule has 3 heterocycles. The molecule has 2 aliphatic heterocycles. The number of imidazole rings is 1. The Hall–Kier alpha value is -3.60.